The largest absolute Gasteiger partial charge is 0.378 e. The van der Waals surface area contributed by atoms with E-state index in [9.17, 15) is 9.59 Å². The van der Waals surface area contributed by atoms with Gasteiger partial charge in [-0.15, -0.1) is 0 Å². The molecule has 25 heavy (non-hydrogen) atoms. The summed E-state index contributed by atoms with van der Waals surface area (Å²) in [6.45, 7) is 5.05. The van der Waals surface area contributed by atoms with Gasteiger partial charge in [0.15, 0.2) is 0 Å². The zero-order valence-corrected chi connectivity index (χ0v) is 14.1. The van der Waals surface area contributed by atoms with Crippen LogP contribution in [0.1, 0.15) is 6.92 Å². The van der Waals surface area contributed by atoms with E-state index in [4.69, 9.17) is 9.47 Å². The number of hydrogen-bond donors (Lipinski definition) is 0. The van der Waals surface area contributed by atoms with Gasteiger partial charge >= 0.3 is 0 Å². The zero-order chi connectivity index (χ0) is 17.2. The molecule has 130 valence electrons. The molecule has 0 aliphatic carbocycles. The number of anilines is 2. The molecule has 3 saturated heterocycles. The van der Waals surface area contributed by atoms with E-state index >= 15 is 0 Å². The van der Waals surface area contributed by atoms with Crippen molar-refractivity contribution in [2.45, 2.75) is 18.6 Å². The van der Waals surface area contributed by atoms with E-state index in [1.165, 1.54) is 4.90 Å². The van der Waals surface area contributed by atoms with Gasteiger partial charge in [0.1, 0.15) is 0 Å². The van der Waals surface area contributed by atoms with Gasteiger partial charge in [0.2, 0.25) is 11.8 Å². The predicted octanol–water partition coefficient (Wildman–Crippen LogP) is 1.36. The molecule has 4 atom stereocenters. The second kappa shape index (κ2) is 5.16. The molecule has 4 heterocycles. The Balaban J connectivity index is 1.42. The number of nitrogens with zero attached hydrogens (tertiary/aromatic N) is 2. The maximum Gasteiger partial charge on any atom is 0.241 e. The fourth-order valence-corrected chi connectivity index (χ4v) is 4.54. The van der Waals surface area contributed by atoms with Gasteiger partial charge in [-0.2, -0.15) is 0 Å². The van der Waals surface area contributed by atoms with Gasteiger partial charge in [0.05, 0.1) is 42.4 Å². The second-order valence-corrected chi connectivity index (χ2v) is 7.26. The number of morpholine rings is 1. The standard InChI is InChI=1S/C19H20N2O4/c1-19-7-6-14(25-19)15-16(19)18(23)21(17(15)22)13-4-2-12(3-5-13)20-8-10-24-11-9-20/h2-7,14-16H,8-11H2,1H3/t14-,15-,16+,19+/m0/s1. The Labute approximate surface area is 146 Å². The molecule has 6 heteroatoms. The minimum absolute atomic E-state index is 0.146. The molecule has 0 radical (unpaired) electrons. The Morgan fingerprint density at radius 2 is 1.72 bits per heavy atom. The molecule has 1 aromatic carbocycles. The highest BCUT2D eigenvalue weighted by atomic mass is 16.5. The molecule has 5 rings (SSSR count). The van der Waals surface area contributed by atoms with Crippen molar-refractivity contribution in [1.29, 1.82) is 0 Å². The molecule has 4 aliphatic heterocycles. The first-order valence-corrected chi connectivity index (χ1v) is 8.76. The molecule has 0 aromatic heterocycles. The average Bonchev–Trinajstić information content (AvgIpc) is 3.25. The number of carbonyl (C=O) groups is 2. The monoisotopic (exact) mass is 340 g/mol. The third kappa shape index (κ3) is 2.04. The van der Waals surface area contributed by atoms with Crippen LogP contribution in [0.2, 0.25) is 0 Å². The van der Waals surface area contributed by atoms with Gasteiger partial charge in [-0.05, 0) is 31.2 Å². The Hall–Kier alpha value is -2.18. The van der Waals surface area contributed by atoms with Crippen LogP contribution in [-0.4, -0.2) is 49.8 Å². The van der Waals surface area contributed by atoms with Crippen LogP contribution < -0.4 is 9.80 Å². The highest BCUT2D eigenvalue weighted by Gasteiger charge is 2.66. The number of rotatable bonds is 2. The van der Waals surface area contributed by atoms with E-state index in [2.05, 4.69) is 4.90 Å². The van der Waals surface area contributed by atoms with Gasteiger partial charge in [-0.25, -0.2) is 4.90 Å². The van der Waals surface area contributed by atoms with Crippen LogP contribution in [-0.2, 0) is 19.1 Å². The highest BCUT2D eigenvalue weighted by Crippen LogP contribution is 2.52. The van der Waals surface area contributed by atoms with E-state index < -0.39 is 11.5 Å². The van der Waals surface area contributed by atoms with Crippen molar-refractivity contribution in [2.24, 2.45) is 11.8 Å². The summed E-state index contributed by atoms with van der Waals surface area (Å²) in [5, 5.41) is 0. The average molecular weight is 340 g/mol. The maximum absolute atomic E-state index is 12.9. The van der Waals surface area contributed by atoms with Crippen LogP contribution in [0.4, 0.5) is 11.4 Å². The van der Waals surface area contributed by atoms with Gasteiger partial charge in [0, 0.05) is 18.8 Å². The van der Waals surface area contributed by atoms with Crippen molar-refractivity contribution >= 4 is 23.2 Å². The summed E-state index contributed by atoms with van der Waals surface area (Å²) in [5.41, 5.74) is 1.08. The van der Waals surface area contributed by atoms with E-state index in [1.807, 2.05) is 43.3 Å². The van der Waals surface area contributed by atoms with Crippen LogP contribution in [0.5, 0.6) is 0 Å². The van der Waals surface area contributed by atoms with Crippen molar-refractivity contribution in [2.75, 3.05) is 36.1 Å². The first-order valence-electron chi connectivity index (χ1n) is 8.76. The summed E-state index contributed by atoms with van der Waals surface area (Å²) in [4.78, 5) is 29.4. The lowest BCUT2D eigenvalue weighted by molar-refractivity contribution is -0.126. The molecular formula is C19H20N2O4. The van der Waals surface area contributed by atoms with Gasteiger partial charge in [0.25, 0.3) is 0 Å². The number of ether oxygens (including phenoxy) is 2. The number of imide groups is 1. The number of amides is 2. The zero-order valence-electron chi connectivity index (χ0n) is 14.1. The number of hydrogen-bond acceptors (Lipinski definition) is 5. The summed E-state index contributed by atoms with van der Waals surface area (Å²) in [5.74, 6) is -1.09. The van der Waals surface area contributed by atoms with Crippen LogP contribution in [0.15, 0.2) is 36.4 Å². The van der Waals surface area contributed by atoms with Crippen LogP contribution in [0.25, 0.3) is 0 Å². The predicted molar refractivity (Wildman–Crippen MR) is 91.4 cm³/mol. The second-order valence-electron chi connectivity index (χ2n) is 7.26. The summed E-state index contributed by atoms with van der Waals surface area (Å²) >= 11 is 0. The maximum atomic E-state index is 12.9. The van der Waals surface area contributed by atoms with Gasteiger partial charge < -0.3 is 14.4 Å². The van der Waals surface area contributed by atoms with E-state index in [-0.39, 0.29) is 23.8 Å². The minimum Gasteiger partial charge on any atom is -0.378 e. The number of carbonyl (C=O) groups excluding carboxylic acids is 2. The molecule has 4 aliphatic rings. The third-order valence-corrected chi connectivity index (χ3v) is 5.81. The summed E-state index contributed by atoms with van der Waals surface area (Å²) in [7, 11) is 0. The molecule has 2 bridgehead atoms. The molecule has 3 fully saturated rings. The lowest BCUT2D eigenvalue weighted by Gasteiger charge is -2.29. The van der Waals surface area contributed by atoms with Crippen molar-refractivity contribution < 1.29 is 19.1 Å². The van der Waals surface area contributed by atoms with Crippen LogP contribution >= 0.6 is 0 Å². The minimum atomic E-state index is -0.648. The van der Waals surface area contributed by atoms with E-state index in [1.54, 1.807) is 0 Å². The molecule has 6 nitrogen and oxygen atoms in total. The normalized spacial score (nSPS) is 36.4. The number of benzene rings is 1. The summed E-state index contributed by atoms with van der Waals surface area (Å²) < 4.78 is 11.2. The summed E-state index contributed by atoms with van der Waals surface area (Å²) in [6, 6.07) is 7.67. The molecule has 2 amide bonds. The Bertz CT molecular complexity index is 768. The Kier molecular flexibility index (Phi) is 3.12. The van der Waals surface area contributed by atoms with E-state index in [0.717, 1.165) is 32.0 Å². The van der Waals surface area contributed by atoms with Crippen molar-refractivity contribution in [3.05, 3.63) is 36.4 Å². The highest BCUT2D eigenvalue weighted by molar-refractivity contribution is 6.23. The van der Waals surface area contributed by atoms with E-state index in [0.29, 0.717) is 5.69 Å². The van der Waals surface area contributed by atoms with Crippen molar-refractivity contribution in [3.63, 3.8) is 0 Å². The quantitative estimate of drug-likeness (QED) is 0.601. The SMILES string of the molecule is C[C@]12C=C[C@H](O1)[C@@H]1C(=O)N(c3ccc(N4CCOCC4)cc3)C(=O)[C@@H]12. The topological polar surface area (TPSA) is 59.1 Å². The molecule has 0 N–H and O–H groups in total. The lowest BCUT2D eigenvalue weighted by atomic mass is 9.78. The Morgan fingerprint density at radius 3 is 2.40 bits per heavy atom. The third-order valence-electron chi connectivity index (χ3n) is 5.81. The Morgan fingerprint density at radius 1 is 1.04 bits per heavy atom. The van der Waals surface area contributed by atoms with Gasteiger partial charge in [-0.3, -0.25) is 9.59 Å². The molecule has 1 aromatic rings. The van der Waals surface area contributed by atoms with Crippen LogP contribution in [0.3, 0.4) is 0 Å². The first kappa shape index (κ1) is 15.1. The number of fused-ring (bicyclic) bond motifs is 5. The molecule has 0 spiro atoms. The lowest BCUT2D eigenvalue weighted by Crippen LogP contribution is -2.38. The van der Waals surface area contributed by atoms with Gasteiger partial charge in [-0.1, -0.05) is 12.2 Å². The molecule has 0 saturated carbocycles. The first-order chi connectivity index (χ1) is 12.1. The molecular weight excluding hydrogens is 320 g/mol. The van der Waals surface area contributed by atoms with Crippen molar-refractivity contribution in [3.8, 4) is 0 Å². The fourth-order valence-electron chi connectivity index (χ4n) is 4.54. The summed E-state index contributed by atoms with van der Waals surface area (Å²) in [6.07, 6.45) is 3.57. The van der Waals surface area contributed by atoms with Crippen LogP contribution in [0, 0.1) is 11.8 Å². The van der Waals surface area contributed by atoms with Crippen molar-refractivity contribution in [1.82, 2.24) is 0 Å². The smallest absolute Gasteiger partial charge is 0.241 e. The molecule has 0 unspecified atom stereocenters. The fraction of sp³-hybridized carbons (Fsp3) is 0.474.